The Morgan fingerprint density at radius 1 is 1.14 bits per heavy atom. The van der Waals surface area contributed by atoms with E-state index in [1.807, 2.05) is 6.42 Å². The summed E-state index contributed by atoms with van der Waals surface area (Å²) in [5, 5.41) is 23.4. The zero-order valence-corrected chi connectivity index (χ0v) is 24.6. The molecule has 1 radical (unpaired) electrons. The minimum Gasteiger partial charge on any atom is -0.508 e. The summed E-state index contributed by atoms with van der Waals surface area (Å²) in [7, 11) is 0. The average molecular weight is 593 g/mol. The number of alkyl halides is 3. The van der Waals surface area contributed by atoms with Crippen molar-refractivity contribution in [2.24, 2.45) is 5.92 Å². The topological polar surface area (TPSA) is 76.0 Å². The molecule has 2 fully saturated rings. The Balaban J connectivity index is 1.62. The summed E-state index contributed by atoms with van der Waals surface area (Å²) in [5.41, 5.74) is -1.21. The molecule has 2 aliphatic heterocycles. The van der Waals surface area contributed by atoms with Crippen molar-refractivity contribution < 1.29 is 32.6 Å². The fourth-order valence-corrected chi connectivity index (χ4v) is 6.60. The highest BCUT2D eigenvalue weighted by Gasteiger charge is 2.55. The van der Waals surface area contributed by atoms with Crippen LogP contribution in [0, 0.1) is 25.1 Å². The predicted octanol–water partition coefficient (Wildman–Crippen LogP) is 5.57. The van der Waals surface area contributed by atoms with E-state index in [1.54, 1.807) is 39.0 Å². The third-order valence-electron chi connectivity index (χ3n) is 8.61. The molecular weight excluding hydrogens is 550 g/mol. The third kappa shape index (κ3) is 7.15. The largest absolute Gasteiger partial charge is 0.508 e. The van der Waals surface area contributed by atoms with Gasteiger partial charge in [-0.3, -0.25) is 15.0 Å². The van der Waals surface area contributed by atoms with E-state index in [2.05, 4.69) is 10.2 Å². The number of aliphatic hydroxyl groups excluding tert-OH is 1. The molecule has 42 heavy (non-hydrogen) atoms. The number of aromatic hydroxyl groups is 1. The van der Waals surface area contributed by atoms with Crippen LogP contribution in [-0.4, -0.2) is 76.3 Å². The molecule has 0 amide bonds. The fourth-order valence-electron chi connectivity index (χ4n) is 6.60. The number of phenolic OH excluding ortho intramolecular Hbond substituents is 1. The number of piperidine rings is 1. The number of likely N-dealkylation sites (tertiary alicyclic amines) is 2. The second kappa shape index (κ2) is 13.0. The molecule has 1 unspecified atom stereocenters. The van der Waals surface area contributed by atoms with Crippen LogP contribution in [0.2, 0.25) is 0 Å². The van der Waals surface area contributed by atoms with Crippen LogP contribution in [0.5, 0.6) is 5.75 Å². The smallest absolute Gasteiger partial charge is 0.404 e. The number of aliphatic hydroxyl groups is 1. The van der Waals surface area contributed by atoms with Gasteiger partial charge in [0.15, 0.2) is 5.78 Å². The van der Waals surface area contributed by atoms with Crippen LogP contribution in [0.4, 0.5) is 17.6 Å². The number of phenols is 1. The molecule has 2 saturated heterocycles. The van der Waals surface area contributed by atoms with Crippen LogP contribution in [0.3, 0.4) is 0 Å². The van der Waals surface area contributed by atoms with E-state index in [9.17, 15) is 32.6 Å². The van der Waals surface area contributed by atoms with E-state index >= 15 is 0 Å². The summed E-state index contributed by atoms with van der Waals surface area (Å²) < 4.78 is 58.1. The maximum atomic E-state index is 15.0. The molecule has 0 aromatic heterocycles. The quantitative estimate of drug-likeness (QED) is 0.234. The van der Waals surface area contributed by atoms with Crippen LogP contribution in [0.15, 0.2) is 42.5 Å². The van der Waals surface area contributed by atoms with Crippen LogP contribution in [-0.2, 0) is 5.66 Å². The number of carbonyl (C=O) groups is 1. The van der Waals surface area contributed by atoms with Crippen molar-refractivity contribution in [2.75, 3.05) is 32.8 Å². The minimum absolute atomic E-state index is 0.0267. The Labute approximate surface area is 245 Å². The molecule has 231 valence electrons. The van der Waals surface area contributed by atoms with Gasteiger partial charge in [0.05, 0.1) is 12.3 Å². The highest BCUT2D eigenvalue weighted by atomic mass is 19.4. The van der Waals surface area contributed by atoms with Gasteiger partial charge in [-0.05, 0) is 95.2 Å². The summed E-state index contributed by atoms with van der Waals surface area (Å²) in [6.45, 7) is 6.53. The van der Waals surface area contributed by atoms with Crippen molar-refractivity contribution in [3.63, 3.8) is 0 Å². The summed E-state index contributed by atoms with van der Waals surface area (Å²) in [5.74, 6) is -0.829. The minimum atomic E-state index is -4.48. The lowest BCUT2D eigenvalue weighted by molar-refractivity contribution is -0.197. The number of benzene rings is 2. The Bertz CT molecular complexity index is 1240. The van der Waals surface area contributed by atoms with E-state index < -0.39 is 29.2 Å². The number of halogens is 4. The van der Waals surface area contributed by atoms with Crippen molar-refractivity contribution in [1.29, 1.82) is 0 Å². The fraction of sp³-hybridized carbons (Fsp3) is 0.562. The van der Waals surface area contributed by atoms with Gasteiger partial charge in [-0.15, -0.1) is 0 Å². The number of carbonyl (C=O) groups excluding carboxylic acids is 1. The monoisotopic (exact) mass is 592 g/mol. The lowest BCUT2D eigenvalue weighted by atomic mass is 9.85. The lowest BCUT2D eigenvalue weighted by Gasteiger charge is -2.51. The summed E-state index contributed by atoms with van der Waals surface area (Å²) >= 11 is 0. The van der Waals surface area contributed by atoms with Gasteiger partial charge < -0.3 is 15.1 Å². The Morgan fingerprint density at radius 3 is 2.57 bits per heavy atom. The first-order valence-corrected chi connectivity index (χ1v) is 14.6. The molecule has 2 aliphatic rings. The van der Waals surface area contributed by atoms with Gasteiger partial charge in [-0.1, -0.05) is 24.3 Å². The molecule has 10 heteroatoms. The molecule has 0 bridgehead atoms. The molecule has 3 N–H and O–H groups in total. The zero-order valence-electron chi connectivity index (χ0n) is 24.6. The standard InChI is InChI=1S/C32H42F4N3O3/c1-22-26(12-5-13-27(22)33)31(37-30(2,3)21-40,39-18-7-14-28(39)32(34,35)36)15-8-17-38-16-6-10-24(20-38)29(42)23-9-4-11-25(41)19-23/h4-6,9,11-13,19,24,28,37,40-41H,7-8,10,14-18,20-21H2,1-3H3/t24?,28-,31+/m0/s1. The van der Waals surface area contributed by atoms with Gasteiger partial charge in [0.25, 0.3) is 0 Å². The predicted molar refractivity (Wildman–Crippen MR) is 153 cm³/mol. The molecule has 4 rings (SSSR count). The first-order valence-electron chi connectivity index (χ1n) is 14.6. The number of hydrogen-bond donors (Lipinski definition) is 3. The molecule has 2 aromatic rings. The normalized spacial score (nSPS) is 22.3. The average Bonchev–Trinajstić information content (AvgIpc) is 3.45. The van der Waals surface area contributed by atoms with E-state index in [-0.39, 0.29) is 49.0 Å². The summed E-state index contributed by atoms with van der Waals surface area (Å²) in [4.78, 5) is 16.7. The molecule has 2 heterocycles. The van der Waals surface area contributed by atoms with Crippen LogP contribution < -0.4 is 5.32 Å². The lowest BCUT2D eigenvalue weighted by Crippen LogP contribution is -2.66. The van der Waals surface area contributed by atoms with Crippen molar-refractivity contribution in [2.45, 2.75) is 76.3 Å². The molecule has 6 nitrogen and oxygen atoms in total. The highest BCUT2D eigenvalue weighted by molar-refractivity contribution is 5.98. The third-order valence-corrected chi connectivity index (χ3v) is 8.61. The van der Waals surface area contributed by atoms with Crippen molar-refractivity contribution >= 4 is 5.78 Å². The molecule has 0 spiro atoms. The number of rotatable bonds is 11. The van der Waals surface area contributed by atoms with E-state index in [0.717, 1.165) is 0 Å². The van der Waals surface area contributed by atoms with Crippen LogP contribution >= 0.6 is 0 Å². The zero-order chi connectivity index (χ0) is 30.7. The molecular formula is C32H42F4N3O3. The number of hydrogen-bond acceptors (Lipinski definition) is 6. The van der Waals surface area contributed by atoms with Crippen LogP contribution in [0.25, 0.3) is 0 Å². The van der Waals surface area contributed by atoms with Gasteiger partial charge >= 0.3 is 6.18 Å². The van der Waals surface area contributed by atoms with Crippen molar-refractivity contribution in [1.82, 2.24) is 15.1 Å². The Kier molecular flexibility index (Phi) is 10.0. The Morgan fingerprint density at radius 2 is 1.88 bits per heavy atom. The number of ketones is 1. The summed E-state index contributed by atoms with van der Waals surface area (Å²) in [6.07, 6.45) is -0.851. The van der Waals surface area contributed by atoms with Crippen molar-refractivity contribution in [3.05, 3.63) is 71.4 Å². The number of nitrogens with zero attached hydrogens (tertiary/aromatic N) is 2. The van der Waals surface area contributed by atoms with Gasteiger partial charge in [-0.25, -0.2) is 4.39 Å². The maximum absolute atomic E-state index is 15.0. The van der Waals surface area contributed by atoms with Crippen LogP contribution in [0.1, 0.15) is 67.4 Å². The SMILES string of the molecule is Cc1c(F)cccc1[C@](CCCN1C[CH]CC(C(=O)c2cccc(O)c2)C1)(NC(C)(C)CO)N1CCC[C@H]1C(F)(F)F. The van der Waals surface area contributed by atoms with E-state index in [1.165, 1.54) is 29.2 Å². The Hall–Kier alpha value is -2.53. The van der Waals surface area contributed by atoms with Gasteiger partial charge in [-0.2, -0.15) is 13.2 Å². The maximum Gasteiger partial charge on any atom is 0.404 e. The van der Waals surface area contributed by atoms with E-state index in [0.29, 0.717) is 50.0 Å². The molecule has 2 aromatic carbocycles. The highest BCUT2D eigenvalue weighted by Crippen LogP contribution is 2.44. The second-order valence-corrected chi connectivity index (χ2v) is 12.3. The summed E-state index contributed by atoms with van der Waals surface area (Å²) in [6, 6.07) is 9.08. The number of Topliss-reactive ketones (excluding diaryl/α,β-unsaturated/α-hetero) is 1. The number of nitrogens with one attached hydrogen (secondary N) is 1. The second-order valence-electron chi connectivity index (χ2n) is 12.3. The first-order chi connectivity index (χ1) is 19.8. The van der Waals surface area contributed by atoms with Gasteiger partial charge in [0, 0.05) is 36.7 Å². The van der Waals surface area contributed by atoms with E-state index in [4.69, 9.17) is 0 Å². The van der Waals surface area contributed by atoms with Gasteiger partial charge in [0.2, 0.25) is 0 Å². The first kappa shape index (κ1) is 32.4. The van der Waals surface area contributed by atoms with Gasteiger partial charge in [0.1, 0.15) is 17.6 Å². The molecule has 3 atom stereocenters. The van der Waals surface area contributed by atoms with Crippen molar-refractivity contribution in [3.8, 4) is 5.75 Å². The molecule has 0 saturated carbocycles. The molecule has 0 aliphatic carbocycles.